The fourth-order valence-electron chi connectivity index (χ4n) is 1.86. The van der Waals surface area contributed by atoms with E-state index in [0.717, 1.165) is 22.5 Å². The van der Waals surface area contributed by atoms with Gasteiger partial charge in [-0.25, -0.2) is 0 Å². The first kappa shape index (κ1) is 12.8. The van der Waals surface area contributed by atoms with E-state index in [1.165, 1.54) is 17.3 Å². The molecule has 1 unspecified atom stereocenters. The summed E-state index contributed by atoms with van der Waals surface area (Å²) in [5.41, 5.74) is 2.28. The number of carboxylic acids is 1. The fourth-order valence-corrected chi connectivity index (χ4v) is 3.14. The van der Waals surface area contributed by atoms with Crippen molar-refractivity contribution in [3.8, 4) is 0 Å². The molecule has 0 aromatic heterocycles. The lowest BCUT2D eigenvalue weighted by atomic mass is 10.2. The molecule has 1 aromatic carbocycles. The summed E-state index contributed by atoms with van der Waals surface area (Å²) in [6, 6.07) is 6.15. The molecule has 0 bridgehead atoms. The van der Waals surface area contributed by atoms with Gasteiger partial charge in [-0.3, -0.25) is 4.79 Å². The molecule has 17 heavy (non-hydrogen) atoms. The summed E-state index contributed by atoms with van der Waals surface area (Å²) in [4.78, 5) is 13.1. The third-order valence-corrected chi connectivity index (χ3v) is 4.91. The second-order valence-electron chi connectivity index (χ2n) is 4.08. The Balaban J connectivity index is 2.16. The number of thioether (sulfide) groups is 1. The molecule has 0 aliphatic carbocycles. The van der Waals surface area contributed by atoms with Crippen LogP contribution in [0, 0.1) is 6.92 Å². The first-order valence-electron chi connectivity index (χ1n) is 5.43. The number of hydrogen-bond donors (Lipinski definition) is 1. The summed E-state index contributed by atoms with van der Waals surface area (Å²) in [7, 11) is 0. The zero-order valence-corrected chi connectivity index (χ0v) is 11.9. The summed E-state index contributed by atoms with van der Waals surface area (Å²) < 4.78 is 1.09. The molecule has 1 aromatic rings. The quantitative estimate of drug-likeness (QED) is 0.911. The van der Waals surface area contributed by atoms with Gasteiger partial charge < -0.3 is 10.0 Å². The van der Waals surface area contributed by atoms with Crippen LogP contribution in [0.3, 0.4) is 0 Å². The average molecular weight is 316 g/mol. The van der Waals surface area contributed by atoms with Crippen molar-refractivity contribution in [1.82, 2.24) is 0 Å². The van der Waals surface area contributed by atoms with Crippen molar-refractivity contribution in [1.29, 1.82) is 0 Å². The number of nitrogens with zero attached hydrogens (tertiary/aromatic N) is 1. The van der Waals surface area contributed by atoms with Crippen LogP contribution < -0.4 is 4.90 Å². The largest absolute Gasteiger partial charge is 0.480 e. The van der Waals surface area contributed by atoms with Crippen LogP contribution in [0.1, 0.15) is 5.56 Å². The van der Waals surface area contributed by atoms with E-state index in [9.17, 15) is 4.79 Å². The molecule has 2 rings (SSSR count). The van der Waals surface area contributed by atoms with E-state index in [1.807, 2.05) is 19.1 Å². The minimum atomic E-state index is -0.714. The standard InChI is InChI=1S/C12H14BrNO2S/c1-8-6-9(2-3-10(8)13)14-4-5-17-11(7-14)12(15)16/h2-3,6,11H,4-5,7H2,1H3,(H,15,16). The number of carboxylic acid groups (broad SMARTS) is 1. The van der Waals surface area contributed by atoms with Crippen LogP contribution in [0.25, 0.3) is 0 Å². The Morgan fingerprint density at radius 2 is 2.35 bits per heavy atom. The minimum absolute atomic E-state index is 0.312. The lowest BCUT2D eigenvalue weighted by molar-refractivity contribution is -0.136. The normalized spacial score (nSPS) is 20.4. The average Bonchev–Trinajstić information content (AvgIpc) is 2.33. The Kier molecular flexibility index (Phi) is 3.99. The second kappa shape index (κ2) is 5.31. The Morgan fingerprint density at radius 1 is 1.59 bits per heavy atom. The fraction of sp³-hybridized carbons (Fsp3) is 0.417. The maximum absolute atomic E-state index is 11.0. The van der Waals surface area contributed by atoms with Crippen molar-refractivity contribution in [3.63, 3.8) is 0 Å². The van der Waals surface area contributed by atoms with Crippen LogP contribution in [0.4, 0.5) is 5.69 Å². The van der Waals surface area contributed by atoms with Gasteiger partial charge in [-0.15, -0.1) is 11.8 Å². The maximum atomic E-state index is 11.0. The molecule has 0 spiro atoms. The molecule has 5 heteroatoms. The number of anilines is 1. The Morgan fingerprint density at radius 3 is 3.00 bits per heavy atom. The summed E-state index contributed by atoms with van der Waals surface area (Å²) in [6.45, 7) is 3.54. The number of hydrogen-bond acceptors (Lipinski definition) is 3. The van der Waals surface area contributed by atoms with Gasteiger partial charge in [0.25, 0.3) is 0 Å². The molecule has 1 aliphatic rings. The van der Waals surface area contributed by atoms with Gasteiger partial charge in [-0.1, -0.05) is 15.9 Å². The van der Waals surface area contributed by atoms with Crippen LogP contribution in [0.5, 0.6) is 0 Å². The molecule has 3 nitrogen and oxygen atoms in total. The zero-order valence-electron chi connectivity index (χ0n) is 9.52. The van der Waals surface area contributed by atoms with E-state index in [0.29, 0.717) is 6.54 Å². The van der Waals surface area contributed by atoms with E-state index in [2.05, 4.69) is 26.9 Å². The minimum Gasteiger partial charge on any atom is -0.480 e. The molecule has 1 atom stereocenters. The van der Waals surface area contributed by atoms with Gasteiger partial charge in [-0.05, 0) is 30.7 Å². The van der Waals surface area contributed by atoms with E-state index in [-0.39, 0.29) is 5.25 Å². The highest BCUT2D eigenvalue weighted by molar-refractivity contribution is 9.10. The zero-order chi connectivity index (χ0) is 12.4. The van der Waals surface area contributed by atoms with Crippen LogP contribution in [-0.4, -0.2) is 35.2 Å². The topological polar surface area (TPSA) is 40.5 Å². The lowest BCUT2D eigenvalue weighted by Gasteiger charge is -2.32. The predicted molar refractivity (Wildman–Crippen MR) is 75.0 cm³/mol. The van der Waals surface area contributed by atoms with Gasteiger partial charge in [0.1, 0.15) is 5.25 Å². The molecule has 1 fully saturated rings. The molecule has 1 aliphatic heterocycles. The molecular formula is C12H14BrNO2S. The highest BCUT2D eigenvalue weighted by Crippen LogP contribution is 2.27. The SMILES string of the molecule is Cc1cc(N2CCSC(C(=O)O)C2)ccc1Br. The molecule has 1 heterocycles. The smallest absolute Gasteiger partial charge is 0.318 e. The lowest BCUT2D eigenvalue weighted by Crippen LogP contribution is -2.41. The highest BCUT2D eigenvalue weighted by Gasteiger charge is 2.26. The van der Waals surface area contributed by atoms with Crippen LogP contribution in [-0.2, 0) is 4.79 Å². The number of carbonyl (C=O) groups is 1. The van der Waals surface area contributed by atoms with Gasteiger partial charge in [0.05, 0.1) is 0 Å². The molecule has 0 saturated carbocycles. The van der Waals surface area contributed by atoms with E-state index in [4.69, 9.17) is 5.11 Å². The van der Waals surface area contributed by atoms with Crippen molar-refractivity contribution in [2.45, 2.75) is 12.2 Å². The van der Waals surface area contributed by atoms with E-state index >= 15 is 0 Å². The summed E-state index contributed by atoms with van der Waals surface area (Å²) >= 11 is 5.00. The number of aliphatic carboxylic acids is 1. The molecule has 1 N–H and O–H groups in total. The van der Waals surface area contributed by atoms with Crippen molar-refractivity contribution in [3.05, 3.63) is 28.2 Å². The van der Waals surface area contributed by atoms with Crippen LogP contribution in [0.2, 0.25) is 0 Å². The number of halogens is 1. The van der Waals surface area contributed by atoms with Crippen molar-refractivity contribution < 1.29 is 9.90 Å². The van der Waals surface area contributed by atoms with Gasteiger partial charge in [0.15, 0.2) is 0 Å². The maximum Gasteiger partial charge on any atom is 0.318 e. The van der Waals surface area contributed by atoms with Crippen molar-refractivity contribution in [2.75, 3.05) is 23.7 Å². The highest BCUT2D eigenvalue weighted by atomic mass is 79.9. The first-order valence-corrected chi connectivity index (χ1v) is 7.27. The van der Waals surface area contributed by atoms with Crippen molar-refractivity contribution in [2.24, 2.45) is 0 Å². The number of benzene rings is 1. The molecule has 0 radical (unpaired) electrons. The summed E-state index contributed by atoms with van der Waals surface area (Å²) in [6.07, 6.45) is 0. The second-order valence-corrected chi connectivity index (χ2v) is 6.24. The third-order valence-electron chi connectivity index (χ3n) is 2.85. The molecule has 1 saturated heterocycles. The molecular weight excluding hydrogens is 302 g/mol. The predicted octanol–water partition coefficient (Wildman–Crippen LogP) is 2.76. The van der Waals surface area contributed by atoms with Gasteiger partial charge in [-0.2, -0.15) is 0 Å². The molecule has 92 valence electrons. The number of rotatable bonds is 2. The van der Waals surface area contributed by atoms with Crippen molar-refractivity contribution >= 4 is 39.3 Å². The Labute approximate surface area is 113 Å². The van der Waals surface area contributed by atoms with E-state index < -0.39 is 5.97 Å². The summed E-state index contributed by atoms with van der Waals surface area (Å²) in [5, 5.41) is 8.73. The Hall–Kier alpha value is -0.680. The first-order chi connectivity index (χ1) is 8.08. The Bertz CT molecular complexity index is 439. The summed E-state index contributed by atoms with van der Waals surface area (Å²) in [5.74, 6) is 0.153. The van der Waals surface area contributed by atoms with Crippen LogP contribution >= 0.6 is 27.7 Å². The van der Waals surface area contributed by atoms with Gasteiger partial charge in [0, 0.05) is 29.0 Å². The third kappa shape index (κ3) is 2.96. The van der Waals surface area contributed by atoms with Gasteiger partial charge in [0.2, 0.25) is 0 Å². The van der Waals surface area contributed by atoms with Crippen LogP contribution in [0.15, 0.2) is 22.7 Å². The molecule has 0 amide bonds. The monoisotopic (exact) mass is 315 g/mol. The van der Waals surface area contributed by atoms with E-state index in [1.54, 1.807) is 0 Å². The van der Waals surface area contributed by atoms with Gasteiger partial charge >= 0.3 is 5.97 Å². The number of aryl methyl sites for hydroxylation is 1.